The van der Waals surface area contributed by atoms with Crippen LogP contribution < -0.4 is 15.6 Å². The number of hydrazine groups is 1. The molecule has 7 nitrogen and oxygen atoms in total. The molecule has 0 saturated carbocycles. The van der Waals surface area contributed by atoms with E-state index in [9.17, 15) is 9.59 Å². The average Bonchev–Trinajstić information content (AvgIpc) is 3.10. The van der Waals surface area contributed by atoms with Crippen molar-refractivity contribution in [1.82, 2.24) is 21.0 Å². The van der Waals surface area contributed by atoms with Gasteiger partial charge in [-0.3, -0.25) is 25.5 Å². The van der Waals surface area contributed by atoms with E-state index in [1.807, 2.05) is 18.2 Å². The molecule has 3 N–H and O–H groups in total. The quantitative estimate of drug-likeness (QED) is 0.584. The SMILES string of the molecule is CC(C)CCOc1ccc(C(=O)NNC(=O)c2n[nH]c3ccccc23)cc1. The summed E-state index contributed by atoms with van der Waals surface area (Å²) in [6, 6.07) is 14.0. The van der Waals surface area contributed by atoms with E-state index in [0.29, 0.717) is 29.2 Å². The zero-order valence-corrected chi connectivity index (χ0v) is 15.3. The van der Waals surface area contributed by atoms with Crippen LogP contribution in [0.1, 0.15) is 41.1 Å². The molecule has 2 amide bonds. The van der Waals surface area contributed by atoms with Crippen molar-refractivity contribution >= 4 is 22.7 Å². The highest BCUT2D eigenvalue weighted by Gasteiger charge is 2.15. The summed E-state index contributed by atoms with van der Waals surface area (Å²) in [4.78, 5) is 24.5. The van der Waals surface area contributed by atoms with Crippen LogP contribution in [-0.4, -0.2) is 28.6 Å². The third-order valence-electron chi connectivity index (χ3n) is 4.06. The largest absolute Gasteiger partial charge is 0.494 e. The van der Waals surface area contributed by atoms with Gasteiger partial charge in [0.1, 0.15) is 5.75 Å². The molecule has 0 spiro atoms. The van der Waals surface area contributed by atoms with Crippen LogP contribution in [0.5, 0.6) is 5.75 Å². The molecule has 1 heterocycles. The van der Waals surface area contributed by atoms with Crippen molar-refractivity contribution in [2.45, 2.75) is 20.3 Å². The summed E-state index contributed by atoms with van der Waals surface area (Å²) in [6.07, 6.45) is 0.968. The van der Waals surface area contributed by atoms with E-state index in [1.54, 1.807) is 30.3 Å². The second-order valence-corrected chi connectivity index (χ2v) is 6.58. The first kappa shape index (κ1) is 18.4. The summed E-state index contributed by atoms with van der Waals surface area (Å²) in [6.45, 7) is 4.91. The summed E-state index contributed by atoms with van der Waals surface area (Å²) < 4.78 is 5.63. The number of aromatic amines is 1. The lowest BCUT2D eigenvalue weighted by Gasteiger charge is -2.09. The number of amides is 2. The Hall–Kier alpha value is -3.35. The van der Waals surface area contributed by atoms with Gasteiger partial charge >= 0.3 is 0 Å². The van der Waals surface area contributed by atoms with Crippen molar-refractivity contribution in [3.63, 3.8) is 0 Å². The average molecular weight is 366 g/mol. The van der Waals surface area contributed by atoms with Crippen molar-refractivity contribution in [3.05, 3.63) is 59.8 Å². The highest BCUT2D eigenvalue weighted by Crippen LogP contribution is 2.15. The molecule has 7 heteroatoms. The predicted molar refractivity (Wildman–Crippen MR) is 102 cm³/mol. The van der Waals surface area contributed by atoms with Gasteiger partial charge in [0.15, 0.2) is 5.69 Å². The molecular weight excluding hydrogens is 344 g/mol. The van der Waals surface area contributed by atoms with Crippen molar-refractivity contribution < 1.29 is 14.3 Å². The fraction of sp³-hybridized carbons (Fsp3) is 0.250. The normalized spacial score (nSPS) is 10.8. The van der Waals surface area contributed by atoms with Crippen LogP contribution in [0.2, 0.25) is 0 Å². The number of benzene rings is 2. The highest BCUT2D eigenvalue weighted by molar-refractivity contribution is 6.05. The number of rotatable bonds is 6. The van der Waals surface area contributed by atoms with Crippen molar-refractivity contribution in [3.8, 4) is 5.75 Å². The number of hydrogen-bond donors (Lipinski definition) is 3. The van der Waals surface area contributed by atoms with Crippen molar-refractivity contribution in [2.24, 2.45) is 5.92 Å². The van der Waals surface area contributed by atoms with Gasteiger partial charge in [-0.2, -0.15) is 5.10 Å². The number of nitrogens with one attached hydrogen (secondary N) is 3. The Kier molecular flexibility index (Phi) is 5.71. The van der Waals surface area contributed by atoms with Gasteiger partial charge in [0.05, 0.1) is 12.1 Å². The van der Waals surface area contributed by atoms with Gasteiger partial charge in [0.2, 0.25) is 0 Å². The molecule has 0 atom stereocenters. The maximum absolute atomic E-state index is 12.3. The molecule has 27 heavy (non-hydrogen) atoms. The Morgan fingerprint density at radius 3 is 2.48 bits per heavy atom. The molecule has 3 aromatic rings. The van der Waals surface area contributed by atoms with Gasteiger partial charge in [0, 0.05) is 10.9 Å². The summed E-state index contributed by atoms with van der Waals surface area (Å²) >= 11 is 0. The van der Waals surface area contributed by atoms with Gasteiger partial charge in [-0.1, -0.05) is 32.0 Å². The van der Waals surface area contributed by atoms with Gasteiger partial charge in [-0.25, -0.2) is 0 Å². The highest BCUT2D eigenvalue weighted by atomic mass is 16.5. The number of aromatic nitrogens is 2. The number of fused-ring (bicyclic) bond motifs is 1. The first-order valence-corrected chi connectivity index (χ1v) is 8.81. The fourth-order valence-corrected chi connectivity index (χ4v) is 2.50. The summed E-state index contributed by atoms with van der Waals surface area (Å²) in [5, 5.41) is 7.46. The first-order valence-electron chi connectivity index (χ1n) is 8.81. The molecule has 3 rings (SSSR count). The van der Waals surface area contributed by atoms with E-state index in [-0.39, 0.29) is 5.69 Å². The molecule has 0 fully saturated rings. The maximum Gasteiger partial charge on any atom is 0.290 e. The van der Waals surface area contributed by atoms with Crippen LogP contribution in [0.25, 0.3) is 10.9 Å². The number of H-pyrrole nitrogens is 1. The van der Waals surface area contributed by atoms with Crippen LogP contribution in [-0.2, 0) is 0 Å². The number of nitrogens with zero attached hydrogens (tertiary/aromatic N) is 1. The second-order valence-electron chi connectivity index (χ2n) is 6.58. The Bertz CT molecular complexity index is 932. The molecule has 0 radical (unpaired) electrons. The standard InChI is InChI=1S/C20H22N4O3/c1-13(2)11-12-27-15-9-7-14(8-10-15)19(25)23-24-20(26)18-16-5-3-4-6-17(16)21-22-18/h3-10,13H,11-12H2,1-2H3,(H,21,22)(H,23,25)(H,24,26). The van der Waals surface area contributed by atoms with Gasteiger partial charge in [-0.15, -0.1) is 0 Å². The molecule has 0 unspecified atom stereocenters. The van der Waals surface area contributed by atoms with E-state index in [4.69, 9.17) is 4.74 Å². The van der Waals surface area contributed by atoms with Gasteiger partial charge in [0.25, 0.3) is 11.8 Å². The predicted octanol–water partition coefficient (Wildman–Crippen LogP) is 3.06. The number of ether oxygens (including phenoxy) is 1. The summed E-state index contributed by atoms with van der Waals surface area (Å²) in [5.74, 6) is 0.371. The van der Waals surface area contributed by atoms with Crippen molar-refractivity contribution in [2.75, 3.05) is 6.61 Å². The van der Waals surface area contributed by atoms with E-state index in [2.05, 4.69) is 34.9 Å². The smallest absolute Gasteiger partial charge is 0.290 e. The lowest BCUT2D eigenvalue weighted by molar-refractivity contribution is 0.0844. The minimum absolute atomic E-state index is 0.222. The molecule has 0 saturated heterocycles. The fourth-order valence-electron chi connectivity index (χ4n) is 2.50. The minimum atomic E-state index is -0.491. The molecule has 0 bridgehead atoms. The Morgan fingerprint density at radius 2 is 1.74 bits per heavy atom. The number of carbonyl (C=O) groups is 2. The third-order valence-corrected chi connectivity index (χ3v) is 4.06. The molecule has 0 aliphatic carbocycles. The van der Waals surface area contributed by atoms with Gasteiger partial charge in [-0.05, 0) is 42.7 Å². The maximum atomic E-state index is 12.3. The Balaban J connectivity index is 1.55. The zero-order chi connectivity index (χ0) is 19.2. The summed E-state index contributed by atoms with van der Waals surface area (Å²) in [7, 11) is 0. The molecule has 0 aliphatic rings. The second kappa shape index (κ2) is 8.35. The first-order chi connectivity index (χ1) is 13.0. The van der Waals surface area contributed by atoms with E-state index < -0.39 is 11.8 Å². The Morgan fingerprint density at radius 1 is 1.04 bits per heavy atom. The van der Waals surface area contributed by atoms with Gasteiger partial charge < -0.3 is 4.74 Å². The van der Waals surface area contributed by atoms with E-state index in [1.165, 1.54) is 0 Å². The molecule has 2 aromatic carbocycles. The van der Waals surface area contributed by atoms with Crippen LogP contribution >= 0.6 is 0 Å². The number of hydrogen-bond acceptors (Lipinski definition) is 4. The topological polar surface area (TPSA) is 96.1 Å². The molecule has 1 aromatic heterocycles. The zero-order valence-electron chi connectivity index (χ0n) is 15.3. The van der Waals surface area contributed by atoms with Crippen LogP contribution in [0, 0.1) is 5.92 Å². The lowest BCUT2D eigenvalue weighted by Crippen LogP contribution is -2.41. The molecule has 0 aliphatic heterocycles. The van der Waals surface area contributed by atoms with Crippen molar-refractivity contribution in [1.29, 1.82) is 0 Å². The minimum Gasteiger partial charge on any atom is -0.494 e. The Labute approximate surface area is 157 Å². The monoisotopic (exact) mass is 366 g/mol. The lowest BCUT2D eigenvalue weighted by atomic mass is 10.1. The molecule has 140 valence electrons. The van der Waals surface area contributed by atoms with E-state index in [0.717, 1.165) is 11.9 Å². The van der Waals surface area contributed by atoms with Crippen LogP contribution in [0.4, 0.5) is 0 Å². The van der Waals surface area contributed by atoms with E-state index >= 15 is 0 Å². The number of para-hydroxylation sites is 1. The third kappa shape index (κ3) is 4.63. The van der Waals surface area contributed by atoms with Crippen LogP contribution in [0.3, 0.4) is 0 Å². The summed E-state index contributed by atoms with van der Waals surface area (Å²) in [5.41, 5.74) is 6.17. The molecular formula is C20H22N4O3. The number of carbonyl (C=O) groups excluding carboxylic acids is 2. The van der Waals surface area contributed by atoms with Crippen LogP contribution in [0.15, 0.2) is 48.5 Å².